The Hall–Kier alpha value is -1.69. The molecule has 0 unspecified atom stereocenters. The molecular formula is C13H15BrN2O3. The van der Waals surface area contributed by atoms with E-state index >= 15 is 0 Å². The predicted octanol–water partition coefficient (Wildman–Crippen LogP) is 1.92. The minimum Gasteiger partial charge on any atom is -0.508 e. The lowest BCUT2D eigenvalue weighted by Crippen LogP contribution is -2.29. The minimum absolute atomic E-state index is 0.0481. The number of hydrogen-bond acceptors (Lipinski definition) is 4. The second-order valence-electron chi connectivity index (χ2n) is 4.22. The van der Waals surface area contributed by atoms with Gasteiger partial charge in [0.15, 0.2) is 5.75 Å². The molecule has 1 aromatic carbocycles. The molecule has 1 heterocycles. The van der Waals surface area contributed by atoms with Crippen LogP contribution in [0.2, 0.25) is 0 Å². The van der Waals surface area contributed by atoms with Gasteiger partial charge >= 0.3 is 0 Å². The maximum Gasteiger partial charge on any atom is 0.230 e. The first-order valence-corrected chi connectivity index (χ1v) is 7.02. The number of rotatable bonds is 4. The summed E-state index contributed by atoms with van der Waals surface area (Å²) in [5.74, 6) is 0.840. The largest absolute Gasteiger partial charge is 0.508 e. The molecule has 0 saturated carbocycles. The second-order valence-corrected chi connectivity index (χ2v) is 4.78. The summed E-state index contributed by atoms with van der Waals surface area (Å²) in [6, 6.07) is 4.96. The lowest BCUT2D eigenvalue weighted by Gasteiger charge is -2.23. The van der Waals surface area contributed by atoms with E-state index in [0.717, 1.165) is 16.8 Å². The van der Waals surface area contributed by atoms with Crippen molar-refractivity contribution < 1.29 is 14.7 Å². The molecule has 19 heavy (non-hydrogen) atoms. The molecule has 0 spiro atoms. The van der Waals surface area contributed by atoms with Gasteiger partial charge < -0.3 is 15.3 Å². The third-order valence-corrected chi connectivity index (χ3v) is 3.43. The molecule has 5 nitrogen and oxygen atoms in total. The summed E-state index contributed by atoms with van der Waals surface area (Å²) in [5.41, 5.74) is 5.63. The van der Waals surface area contributed by atoms with Crippen LogP contribution in [0.1, 0.15) is 18.9 Å². The van der Waals surface area contributed by atoms with E-state index in [0.29, 0.717) is 24.0 Å². The zero-order valence-corrected chi connectivity index (χ0v) is 12.1. The van der Waals surface area contributed by atoms with Crippen LogP contribution in [0.25, 0.3) is 5.57 Å². The van der Waals surface area contributed by atoms with Gasteiger partial charge in [-0.05, 0) is 30.7 Å². The Morgan fingerprint density at radius 3 is 3.05 bits per heavy atom. The van der Waals surface area contributed by atoms with Gasteiger partial charge in [-0.15, -0.1) is 0 Å². The summed E-state index contributed by atoms with van der Waals surface area (Å²) >= 11 is 3.09. The number of halogens is 1. The molecule has 0 radical (unpaired) electrons. The Balaban J connectivity index is 2.09. The van der Waals surface area contributed by atoms with Crippen molar-refractivity contribution in [3.05, 3.63) is 29.5 Å². The Bertz CT molecular complexity index is 529. The van der Waals surface area contributed by atoms with Gasteiger partial charge in [-0.3, -0.25) is 4.79 Å². The number of hydrogen-bond donors (Lipinski definition) is 3. The van der Waals surface area contributed by atoms with Gasteiger partial charge in [-0.1, -0.05) is 15.9 Å². The fourth-order valence-electron chi connectivity index (χ4n) is 1.87. The number of fused-ring (bicyclic) bond motifs is 1. The Morgan fingerprint density at radius 2 is 2.32 bits per heavy atom. The second kappa shape index (κ2) is 5.97. The summed E-state index contributed by atoms with van der Waals surface area (Å²) in [5, 5.41) is 12.6. The number of nitrogens with one attached hydrogen (secondary N) is 2. The lowest BCUT2D eigenvalue weighted by molar-refractivity contribution is -0.118. The van der Waals surface area contributed by atoms with Crippen molar-refractivity contribution in [1.29, 1.82) is 0 Å². The highest BCUT2D eigenvalue weighted by atomic mass is 79.9. The van der Waals surface area contributed by atoms with Crippen LogP contribution in [0.15, 0.2) is 23.9 Å². The maximum absolute atomic E-state index is 11.1. The normalized spacial score (nSPS) is 13.4. The highest BCUT2D eigenvalue weighted by Crippen LogP contribution is 2.34. The summed E-state index contributed by atoms with van der Waals surface area (Å²) in [6.45, 7) is 2.48. The highest BCUT2D eigenvalue weighted by Gasteiger charge is 2.17. The van der Waals surface area contributed by atoms with Crippen LogP contribution in [0.3, 0.4) is 0 Å². The zero-order valence-electron chi connectivity index (χ0n) is 10.5. The lowest BCUT2D eigenvalue weighted by atomic mass is 10.0. The fraction of sp³-hybridized carbons (Fsp3) is 0.308. The molecule has 0 bridgehead atoms. The number of phenolic OH excluding ortho intramolecular Hbond substituents is 1. The van der Waals surface area contributed by atoms with Crippen LogP contribution in [0, 0.1) is 0 Å². The molecule has 0 aromatic heterocycles. The highest BCUT2D eigenvalue weighted by molar-refractivity contribution is 9.09. The van der Waals surface area contributed by atoms with Gasteiger partial charge in [0.1, 0.15) is 5.75 Å². The number of amides is 1. The maximum atomic E-state index is 11.1. The summed E-state index contributed by atoms with van der Waals surface area (Å²) in [7, 11) is 0. The molecule has 1 aliphatic heterocycles. The number of carbonyl (C=O) groups excluding carboxylic acids is 1. The van der Waals surface area contributed by atoms with Crippen LogP contribution in [0.4, 0.5) is 0 Å². The van der Waals surface area contributed by atoms with Gasteiger partial charge in [-0.25, -0.2) is 5.48 Å². The molecule has 0 fully saturated rings. The SMILES string of the molecule is CC1=C(CCNC(=O)CBr)NOc2ccc(O)cc21. The fourth-order valence-corrected chi connectivity index (χ4v) is 2.07. The molecule has 3 N–H and O–H groups in total. The standard InChI is InChI=1S/C13H15BrN2O3/c1-8-10-6-9(17)2-3-12(10)19-16-11(8)4-5-15-13(18)7-14/h2-3,6,16-17H,4-5,7H2,1H3,(H,15,18). The molecule has 1 aliphatic rings. The van der Waals surface area contributed by atoms with E-state index in [1.54, 1.807) is 18.2 Å². The number of carbonyl (C=O) groups is 1. The predicted molar refractivity (Wildman–Crippen MR) is 75.9 cm³/mol. The molecule has 2 rings (SSSR count). The van der Waals surface area contributed by atoms with Gasteiger partial charge in [-0.2, -0.15) is 0 Å². The summed E-state index contributed by atoms with van der Waals surface area (Å²) < 4.78 is 0. The molecule has 0 aliphatic carbocycles. The molecular weight excluding hydrogens is 312 g/mol. The van der Waals surface area contributed by atoms with Crippen molar-refractivity contribution in [2.75, 3.05) is 11.9 Å². The molecule has 1 amide bonds. The Morgan fingerprint density at radius 1 is 1.53 bits per heavy atom. The number of alkyl halides is 1. The number of benzene rings is 1. The van der Waals surface area contributed by atoms with Crippen molar-refractivity contribution in [3.8, 4) is 11.5 Å². The van der Waals surface area contributed by atoms with Gasteiger partial charge in [0, 0.05) is 18.5 Å². The third kappa shape index (κ3) is 3.20. The summed E-state index contributed by atoms with van der Waals surface area (Å²) in [6.07, 6.45) is 0.639. The van der Waals surface area contributed by atoms with Gasteiger partial charge in [0.2, 0.25) is 5.91 Å². The van der Waals surface area contributed by atoms with Crippen LogP contribution < -0.4 is 15.6 Å². The van der Waals surface area contributed by atoms with Crippen molar-refractivity contribution >= 4 is 27.4 Å². The first-order chi connectivity index (χ1) is 9.11. The average molecular weight is 327 g/mol. The van der Waals surface area contributed by atoms with E-state index in [-0.39, 0.29) is 11.7 Å². The quantitative estimate of drug-likeness (QED) is 0.739. The van der Waals surface area contributed by atoms with Crippen LogP contribution >= 0.6 is 15.9 Å². The number of hydroxylamine groups is 1. The zero-order chi connectivity index (χ0) is 13.8. The first-order valence-electron chi connectivity index (χ1n) is 5.90. The van der Waals surface area contributed by atoms with Crippen LogP contribution in [-0.2, 0) is 4.79 Å². The van der Waals surface area contributed by atoms with E-state index in [9.17, 15) is 9.90 Å². The van der Waals surface area contributed by atoms with E-state index < -0.39 is 0 Å². The molecule has 0 atom stereocenters. The molecule has 1 aromatic rings. The average Bonchev–Trinajstić information content (AvgIpc) is 2.41. The van der Waals surface area contributed by atoms with Crippen LogP contribution in [0.5, 0.6) is 11.5 Å². The van der Waals surface area contributed by atoms with Crippen molar-refractivity contribution in [1.82, 2.24) is 10.8 Å². The van der Waals surface area contributed by atoms with E-state index in [1.165, 1.54) is 0 Å². The molecule has 102 valence electrons. The van der Waals surface area contributed by atoms with E-state index in [2.05, 4.69) is 26.7 Å². The Labute approximate surface area is 119 Å². The Kier molecular flexibility index (Phi) is 4.31. The number of phenols is 1. The van der Waals surface area contributed by atoms with Gasteiger partial charge in [0.05, 0.1) is 11.0 Å². The topological polar surface area (TPSA) is 70.6 Å². The number of allylic oxidation sites excluding steroid dienone is 1. The van der Waals surface area contributed by atoms with Crippen molar-refractivity contribution in [2.24, 2.45) is 0 Å². The smallest absolute Gasteiger partial charge is 0.230 e. The van der Waals surface area contributed by atoms with Crippen molar-refractivity contribution in [3.63, 3.8) is 0 Å². The van der Waals surface area contributed by atoms with Crippen LogP contribution in [-0.4, -0.2) is 22.9 Å². The number of aromatic hydroxyl groups is 1. The molecule has 6 heteroatoms. The summed E-state index contributed by atoms with van der Waals surface area (Å²) in [4.78, 5) is 16.5. The monoisotopic (exact) mass is 326 g/mol. The first kappa shape index (κ1) is 13.7. The minimum atomic E-state index is -0.0481. The molecule has 0 saturated heterocycles. The third-order valence-electron chi connectivity index (χ3n) is 2.92. The van der Waals surface area contributed by atoms with Gasteiger partial charge in [0.25, 0.3) is 0 Å². The van der Waals surface area contributed by atoms with E-state index in [1.807, 2.05) is 6.92 Å². The van der Waals surface area contributed by atoms with E-state index in [4.69, 9.17) is 4.84 Å². The van der Waals surface area contributed by atoms with Crippen molar-refractivity contribution in [2.45, 2.75) is 13.3 Å².